The van der Waals surface area contributed by atoms with E-state index < -0.39 is 5.97 Å². The topological polar surface area (TPSA) is 69.6 Å². The van der Waals surface area contributed by atoms with Gasteiger partial charge in [-0.05, 0) is 38.0 Å². The number of thioether (sulfide) groups is 1. The molecule has 1 saturated carbocycles. The molecule has 1 aliphatic heterocycles. The lowest BCUT2D eigenvalue weighted by atomic mass is 9.82. The zero-order chi connectivity index (χ0) is 15.2. The smallest absolute Gasteiger partial charge is 0.317 e. The van der Waals surface area contributed by atoms with Gasteiger partial charge in [-0.25, -0.2) is 4.79 Å². The van der Waals surface area contributed by atoms with E-state index in [2.05, 4.69) is 12.2 Å². The molecule has 120 valence electrons. The summed E-state index contributed by atoms with van der Waals surface area (Å²) in [7, 11) is 0. The molecule has 1 saturated heterocycles. The molecule has 6 heteroatoms. The van der Waals surface area contributed by atoms with Crippen LogP contribution >= 0.6 is 11.8 Å². The first-order valence-corrected chi connectivity index (χ1v) is 9.02. The lowest BCUT2D eigenvalue weighted by molar-refractivity contribution is -0.143. The van der Waals surface area contributed by atoms with Crippen molar-refractivity contribution in [2.45, 2.75) is 44.3 Å². The van der Waals surface area contributed by atoms with Gasteiger partial charge in [0.05, 0.1) is 5.92 Å². The van der Waals surface area contributed by atoms with E-state index in [1.807, 2.05) is 16.7 Å². The Morgan fingerprint density at radius 3 is 2.62 bits per heavy atom. The predicted molar refractivity (Wildman–Crippen MR) is 84.6 cm³/mol. The Hall–Kier alpha value is -0.910. The van der Waals surface area contributed by atoms with Crippen LogP contribution in [-0.4, -0.2) is 52.6 Å². The molecule has 2 amide bonds. The fraction of sp³-hybridized carbons (Fsp3) is 0.867. The van der Waals surface area contributed by atoms with Crippen LogP contribution in [0.1, 0.15) is 39.0 Å². The number of nitrogens with zero attached hydrogens (tertiary/aromatic N) is 1. The van der Waals surface area contributed by atoms with Crippen molar-refractivity contribution in [1.29, 1.82) is 0 Å². The molecule has 0 aromatic carbocycles. The maximum absolute atomic E-state index is 12.2. The molecule has 0 spiro atoms. The molecule has 2 rings (SSSR count). The van der Waals surface area contributed by atoms with E-state index in [0.717, 1.165) is 50.9 Å². The number of carboxylic acids is 1. The first kappa shape index (κ1) is 16.5. The van der Waals surface area contributed by atoms with Gasteiger partial charge in [0, 0.05) is 30.6 Å². The normalized spacial score (nSPS) is 30.0. The molecule has 0 bridgehead atoms. The number of aliphatic carboxylic acids is 1. The summed E-state index contributed by atoms with van der Waals surface area (Å²) in [5.41, 5.74) is 0. The molecule has 1 unspecified atom stereocenters. The van der Waals surface area contributed by atoms with Gasteiger partial charge in [0.2, 0.25) is 0 Å². The molecule has 5 nitrogen and oxygen atoms in total. The van der Waals surface area contributed by atoms with Crippen molar-refractivity contribution in [1.82, 2.24) is 10.2 Å². The number of nitrogens with one attached hydrogen (secondary N) is 1. The number of rotatable bonds is 4. The number of hydrogen-bond acceptors (Lipinski definition) is 3. The standard InChI is InChI=1S/C15H26N2O3S/c1-2-13-10-17(7-8-21-13)15(20)16-9-11-3-5-12(6-4-11)14(18)19/h11-13H,2-10H2,1H3,(H,16,20)(H,18,19). The Morgan fingerprint density at radius 1 is 1.29 bits per heavy atom. The maximum atomic E-state index is 12.2. The molecule has 21 heavy (non-hydrogen) atoms. The molecule has 2 aliphatic rings. The number of carboxylic acid groups (broad SMARTS) is 1. The zero-order valence-electron chi connectivity index (χ0n) is 12.7. The van der Waals surface area contributed by atoms with Gasteiger partial charge in [-0.1, -0.05) is 6.92 Å². The minimum Gasteiger partial charge on any atom is -0.481 e. The van der Waals surface area contributed by atoms with Crippen molar-refractivity contribution < 1.29 is 14.7 Å². The Labute approximate surface area is 130 Å². The molecular weight excluding hydrogens is 288 g/mol. The van der Waals surface area contributed by atoms with Gasteiger partial charge < -0.3 is 15.3 Å². The van der Waals surface area contributed by atoms with Crippen LogP contribution in [0.2, 0.25) is 0 Å². The molecule has 2 N–H and O–H groups in total. The van der Waals surface area contributed by atoms with Crippen LogP contribution in [0.3, 0.4) is 0 Å². The van der Waals surface area contributed by atoms with Gasteiger partial charge in [0.15, 0.2) is 0 Å². The van der Waals surface area contributed by atoms with Gasteiger partial charge in [-0.2, -0.15) is 11.8 Å². The molecule has 1 heterocycles. The lowest BCUT2D eigenvalue weighted by Gasteiger charge is -2.33. The van der Waals surface area contributed by atoms with Crippen LogP contribution in [0, 0.1) is 11.8 Å². The van der Waals surface area contributed by atoms with Crippen LogP contribution in [0.4, 0.5) is 4.79 Å². The second-order valence-electron chi connectivity index (χ2n) is 6.09. The quantitative estimate of drug-likeness (QED) is 0.836. The van der Waals surface area contributed by atoms with E-state index >= 15 is 0 Å². The van der Waals surface area contributed by atoms with Crippen LogP contribution in [0.5, 0.6) is 0 Å². The highest BCUT2D eigenvalue weighted by Crippen LogP contribution is 2.28. The third kappa shape index (κ3) is 4.80. The highest BCUT2D eigenvalue weighted by molar-refractivity contribution is 8.00. The number of urea groups is 1. The Bertz CT molecular complexity index is 370. The van der Waals surface area contributed by atoms with Crippen LogP contribution in [0.25, 0.3) is 0 Å². The summed E-state index contributed by atoms with van der Waals surface area (Å²) in [6.45, 7) is 4.53. The highest BCUT2D eigenvalue weighted by Gasteiger charge is 2.27. The molecule has 2 fully saturated rings. The summed E-state index contributed by atoms with van der Waals surface area (Å²) in [6.07, 6.45) is 4.41. The van der Waals surface area contributed by atoms with Crippen molar-refractivity contribution in [3.8, 4) is 0 Å². The van der Waals surface area contributed by atoms with E-state index in [1.54, 1.807) is 0 Å². The van der Waals surface area contributed by atoms with Crippen molar-refractivity contribution in [2.75, 3.05) is 25.4 Å². The van der Waals surface area contributed by atoms with Gasteiger partial charge in [0.1, 0.15) is 0 Å². The van der Waals surface area contributed by atoms with E-state index in [9.17, 15) is 9.59 Å². The Balaban J connectivity index is 1.68. The summed E-state index contributed by atoms with van der Waals surface area (Å²) in [5, 5.41) is 12.6. The summed E-state index contributed by atoms with van der Waals surface area (Å²) in [4.78, 5) is 25.0. The number of carbonyl (C=O) groups excluding carboxylic acids is 1. The molecule has 1 aliphatic carbocycles. The third-order valence-corrected chi connectivity index (χ3v) is 5.99. The second kappa shape index (κ2) is 7.92. The van der Waals surface area contributed by atoms with Crippen LogP contribution < -0.4 is 5.32 Å². The molecule has 0 aromatic rings. The lowest BCUT2D eigenvalue weighted by Crippen LogP contribution is -2.48. The minimum atomic E-state index is -0.672. The SMILES string of the molecule is CCC1CN(C(=O)NCC2CCC(C(=O)O)CC2)CCS1. The fourth-order valence-electron chi connectivity index (χ4n) is 3.11. The van der Waals surface area contributed by atoms with Crippen molar-refractivity contribution in [3.63, 3.8) is 0 Å². The average Bonchev–Trinajstić information content (AvgIpc) is 2.53. The van der Waals surface area contributed by atoms with Gasteiger partial charge >= 0.3 is 12.0 Å². The largest absolute Gasteiger partial charge is 0.481 e. The first-order valence-electron chi connectivity index (χ1n) is 7.97. The third-order valence-electron chi connectivity index (χ3n) is 4.62. The highest BCUT2D eigenvalue weighted by atomic mass is 32.2. The first-order chi connectivity index (χ1) is 10.1. The number of hydrogen-bond donors (Lipinski definition) is 2. The van der Waals surface area contributed by atoms with Gasteiger partial charge in [-0.15, -0.1) is 0 Å². The fourth-order valence-corrected chi connectivity index (χ4v) is 4.29. The zero-order valence-corrected chi connectivity index (χ0v) is 13.5. The van der Waals surface area contributed by atoms with Crippen molar-refractivity contribution in [3.05, 3.63) is 0 Å². The molecular formula is C15H26N2O3S. The summed E-state index contributed by atoms with van der Waals surface area (Å²) >= 11 is 1.96. The Morgan fingerprint density at radius 2 is 2.00 bits per heavy atom. The molecule has 0 radical (unpaired) electrons. The summed E-state index contributed by atoms with van der Waals surface area (Å²) < 4.78 is 0. The summed E-state index contributed by atoms with van der Waals surface area (Å²) in [6, 6.07) is 0.0501. The average molecular weight is 314 g/mol. The Kier molecular flexibility index (Phi) is 6.21. The monoisotopic (exact) mass is 314 g/mol. The number of carbonyl (C=O) groups is 2. The van der Waals surface area contributed by atoms with E-state index in [1.165, 1.54) is 0 Å². The van der Waals surface area contributed by atoms with E-state index in [0.29, 0.717) is 17.7 Å². The van der Waals surface area contributed by atoms with Crippen molar-refractivity contribution in [2.24, 2.45) is 11.8 Å². The number of amides is 2. The van der Waals surface area contributed by atoms with E-state index in [4.69, 9.17) is 5.11 Å². The van der Waals surface area contributed by atoms with Crippen LogP contribution in [-0.2, 0) is 4.79 Å². The maximum Gasteiger partial charge on any atom is 0.317 e. The predicted octanol–water partition coefficient (Wildman–Crippen LogP) is 2.41. The van der Waals surface area contributed by atoms with Gasteiger partial charge in [-0.3, -0.25) is 4.79 Å². The molecule has 1 atom stereocenters. The minimum absolute atomic E-state index is 0.0501. The van der Waals surface area contributed by atoms with Crippen LogP contribution in [0.15, 0.2) is 0 Å². The second-order valence-corrected chi connectivity index (χ2v) is 7.50. The van der Waals surface area contributed by atoms with Crippen molar-refractivity contribution >= 4 is 23.8 Å². The van der Waals surface area contributed by atoms with E-state index in [-0.39, 0.29) is 11.9 Å². The van der Waals surface area contributed by atoms with Gasteiger partial charge in [0.25, 0.3) is 0 Å². The molecule has 0 aromatic heterocycles. The summed E-state index contributed by atoms with van der Waals surface area (Å²) in [5.74, 6) is 0.608.